The second-order valence-corrected chi connectivity index (χ2v) is 5.54. The smallest absolute Gasteiger partial charge is 0.220 e. The first-order chi connectivity index (χ1) is 9.28. The predicted molar refractivity (Wildman–Crippen MR) is 74.7 cm³/mol. The number of amides is 1. The molecule has 1 saturated carbocycles. The van der Waals surface area contributed by atoms with E-state index in [2.05, 4.69) is 10.3 Å². The Labute approximate surface area is 114 Å². The summed E-state index contributed by atoms with van der Waals surface area (Å²) in [4.78, 5) is 14.8. The molecule has 3 N–H and O–H groups in total. The summed E-state index contributed by atoms with van der Waals surface area (Å²) in [5.74, 6) is 0.615. The summed E-state index contributed by atoms with van der Waals surface area (Å²) in [6, 6.07) is 2.37. The molecule has 0 spiro atoms. The van der Waals surface area contributed by atoms with Crippen LogP contribution in [0.3, 0.4) is 0 Å². The summed E-state index contributed by atoms with van der Waals surface area (Å²) in [5, 5.41) is 12.2. The number of aryl methyl sites for hydroxylation is 1. The van der Waals surface area contributed by atoms with Gasteiger partial charge in [0.2, 0.25) is 5.91 Å². The summed E-state index contributed by atoms with van der Waals surface area (Å²) in [6.45, 7) is 0.289. The van der Waals surface area contributed by atoms with Crippen LogP contribution in [0.4, 0.5) is 0 Å². The highest BCUT2D eigenvalue weighted by molar-refractivity contribution is 5.76. The number of aliphatic hydroxyl groups excluding tert-OH is 1. The molecular formula is C15H24N2O2. The Balaban J connectivity index is 1.59. The van der Waals surface area contributed by atoms with Gasteiger partial charge in [0.05, 0.1) is 0 Å². The molecule has 19 heavy (non-hydrogen) atoms. The third-order valence-electron chi connectivity index (χ3n) is 4.00. The molecule has 0 aliphatic heterocycles. The number of carbonyl (C=O) groups excluding carboxylic acids is 1. The third kappa shape index (κ3) is 4.71. The number of rotatable bonds is 6. The maximum atomic E-state index is 11.8. The lowest BCUT2D eigenvalue weighted by molar-refractivity contribution is -0.122. The molecule has 106 valence electrons. The number of carbonyl (C=O) groups is 1. The molecule has 1 aromatic rings. The Bertz CT molecular complexity index is 368. The Hall–Kier alpha value is -1.29. The zero-order chi connectivity index (χ0) is 13.5. The van der Waals surface area contributed by atoms with Crippen molar-refractivity contribution in [2.24, 2.45) is 5.92 Å². The van der Waals surface area contributed by atoms with E-state index >= 15 is 0 Å². The monoisotopic (exact) mass is 264 g/mol. The van der Waals surface area contributed by atoms with Gasteiger partial charge in [0.1, 0.15) is 0 Å². The largest absolute Gasteiger partial charge is 0.396 e. The molecule has 1 aliphatic carbocycles. The van der Waals surface area contributed by atoms with Crippen molar-refractivity contribution >= 4 is 5.91 Å². The highest BCUT2D eigenvalue weighted by atomic mass is 16.3. The first-order valence-electron chi connectivity index (χ1n) is 7.30. The lowest BCUT2D eigenvalue weighted by Crippen LogP contribution is -2.38. The number of H-pyrrole nitrogens is 1. The van der Waals surface area contributed by atoms with E-state index in [1.54, 1.807) is 0 Å². The Morgan fingerprint density at radius 3 is 2.79 bits per heavy atom. The van der Waals surface area contributed by atoms with E-state index in [-0.39, 0.29) is 12.5 Å². The van der Waals surface area contributed by atoms with Gasteiger partial charge in [-0.05, 0) is 56.1 Å². The van der Waals surface area contributed by atoms with E-state index < -0.39 is 0 Å². The maximum Gasteiger partial charge on any atom is 0.220 e. The number of aromatic nitrogens is 1. The van der Waals surface area contributed by atoms with Crippen LogP contribution in [0.5, 0.6) is 0 Å². The molecule has 1 aromatic heterocycles. The zero-order valence-electron chi connectivity index (χ0n) is 11.4. The van der Waals surface area contributed by atoms with Gasteiger partial charge in [-0.2, -0.15) is 0 Å². The van der Waals surface area contributed by atoms with Crippen molar-refractivity contribution < 1.29 is 9.90 Å². The van der Waals surface area contributed by atoms with Crippen molar-refractivity contribution in [3.05, 3.63) is 24.0 Å². The second-order valence-electron chi connectivity index (χ2n) is 5.54. The molecule has 2 rings (SSSR count). The Morgan fingerprint density at radius 1 is 1.37 bits per heavy atom. The van der Waals surface area contributed by atoms with E-state index in [9.17, 15) is 4.79 Å². The molecule has 1 aliphatic rings. The van der Waals surface area contributed by atoms with Gasteiger partial charge in [-0.25, -0.2) is 0 Å². The van der Waals surface area contributed by atoms with E-state index in [1.807, 2.05) is 18.5 Å². The fraction of sp³-hybridized carbons (Fsp3) is 0.667. The van der Waals surface area contributed by atoms with Crippen LogP contribution in [0.25, 0.3) is 0 Å². The third-order valence-corrected chi connectivity index (χ3v) is 4.00. The fourth-order valence-corrected chi connectivity index (χ4v) is 2.76. The van der Waals surface area contributed by atoms with Gasteiger partial charge < -0.3 is 15.4 Å². The van der Waals surface area contributed by atoms with Crippen molar-refractivity contribution in [1.82, 2.24) is 10.3 Å². The van der Waals surface area contributed by atoms with Gasteiger partial charge in [0.15, 0.2) is 0 Å². The minimum atomic E-state index is 0.169. The summed E-state index contributed by atoms with van der Waals surface area (Å²) >= 11 is 0. The van der Waals surface area contributed by atoms with Crippen molar-refractivity contribution in [2.75, 3.05) is 6.61 Å². The minimum Gasteiger partial charge on any atom is -0.396 e. The van der Waals surface area contributed by atoms with Crippen molar-refractivity contribution in [3.63, 3.8) is 0 Å². The van der Waals surface area contributed by atoms with E-state index in [1.165, 1.54) is 5.56 Å². The van der Waals surface area contributed by atoms with Gasteiger partial charge in [0, 0.05) is 31.5 Å². The van der Waals surface area contributed by atoms with E-state index in [0.717, 1.165) is 38.5 Å². The number of aromatic amines is 1. The van der Waals surface area contributed by atoms with Crippen LogP contribution in [0.1, 0.15) is 44.1 Å². The molecule has 1 amide bonds. The maximum absolute atomic E-state index is 11.8. The van der Waals surface area contributed by atoms with Crippen LogP contribution in [0.15, 0.2) is 18.5 Å². The van der Waals surface area contributed by atoms with Crippen molar-refractivity contribution in [1.29, 1.82) is 0 Å². The quantitative estimate of drug-likeness (QED) is 0.736. The van der Waals surface area contributed by atoms with Crippen LogP contribution >= 0.6 is 0 Å². The molecule has 4 heteroatoms. The Morgan fingerprint density at radius 2 is 2.16 bits per heavy atom. The second kappa shape index (κ2) is 7.34. The van der Waals surface area contributed by atoms with Crippen LogP contribution in [0.2, 0.25) is 0 Å². The highest BCUT2D eigenvalue weighted by Gasteiger charge is 2.21. The van der Waals surface area contributed by atoms with Crippen molar-refractivity contribution in [3.8, 4) is 0 Å². The minimum absolute atomic E-state index is 0.169. The molecule has 0 unspecified atom stereocenters. The lowest BCUT2D eigenvalue weighted by Gasteiger charge is -2.27. The molecule has 0 aromatic carbocycles. The SMILES string of the molecule is O=C(CCCc1cc[nH]c1)NC1CCC(CO)CC1. The number of hydrogen-bond donors (Lipinski definition) is 3. The zero-order valence-corrected chi connectivity index (χ0v) is 11.4. The van der Waals surface area contributed by atoms with E-state index in [0.29, 0.717) is 18.4 Å². The Kier molecular flexibility index (Phi) is 5.45. The predicted octanol–water partition coefficient (Wildman–Crippen LogP) is 2.00. The van der Waals surface area contributed by atoms with Gasteiger partial charge >= 0.3 is 0 Å². The van der Waals surface area contributed by atoms with Crippen LogP contribution in [0, 0.1) is 5.92 Å². The summed E-state index contributed by atoms with van der Waals surface area (Å²) in [5.41, 5.74) is 1.26. The fourth-order valence-electron chi connectivity index (χ4n) is 2.76. The average Bonchev–Trinajstić information content (AvgIpc) is 2.93. The van der Waals surface area contributed by atoms with Crippen LogP contribution < -0.4 is 5.32 Å². The van der Waals surface area contributed by atoms with Gasteiger partial charge in [-0.3, -0.25) is 4.79 Å². The van der Waals surface area contributed by atoms with Gasteiger partial charge in [-0.1, -0.05) is 0 Å². The summed E-state index contributed by atoms with van der Waals surface area (Å²) < 4.78 is 0. The molecule has 1 fully saturated rings. The molecule has 0 atom stereocenters. The molecule has 4 nitrogen and oxygen atoms in total. The van der Waals surface area contributed by atoms with Gasteiger partial charge in [-0.15, -0.1) is 0 Å². The molecule has 0 bridgehead atoms. The first kappa shape index (κ1) is 14.1. The summed E-state index contributed by atoms with van der Waals surface area (Å²) in [7, 11) is 0. The first-order valence-corrected chi connectivity index (χ1v) is 7.30. The molecular weight excluding hydrogens is 240 g/mol. The number of nitrogens with one attached hydrogen (secondary N) is 2. The van der Waals surface area contributed by atoms with E-state index in [4.69, 9.17) is 5.11 Å². The molecule has 0 radical (unpaired) electrons. The molecule has 1 heterocycles. The topological polar surface area (TPSA) is 65.1 Å². The van der Waals surface area contributed by atoms with Crippen LogP contribution in [-0.4, -0.2) is 28.6 Å². The standard InChI is InChI=1S/C15H24N2O2/c18-11-13-4-6-14(7-5-13)17-15(19)3-1-2-12-8-9-16-10-12/h8-10,13-14,16,18H,1-7,11H2,(H,17,19). The highest BCUT2D eigenvalue weighted by Crippen LogP contribution is 2.23. The van der Waals surface area contributed by atoms with Crippen molar-refractivity contribution in [2.45, 2.75) is 51.0 Å². The van der Waals surface area contributed by atoms with Gasteiger partial charge in [0.25, 0.3) is 0 Å². The number of aliphatic hydroxyl groups is 1. The summed E-state index contributed by atoms with van der Waals surface area (Å²) in [6.07, 6.45) is 10.4. The van der Waals surface area contributed by atoms with Crippen LogP contribution in [-0.2, 0) is 11.2 Å². The normalized spacial score (nSPS) is 23.2. The molecule has 0 saturated heterocycles. The average molecular weight is 264 g/mol. The lowest BCUT2D eigenvalue weighted by atomic mass is 9.86. The number of hydrogen-bond acceptors (Lipinski definition) is 2.